The highest BCUT2D eigenvalue weighted by molar-refractivity contribution is 7.71. The molecule has 0 saturated carbocycles. The monoisotopic (exact) mass is 216 g/mol. The normalized spacial score (nSPS) is 11.3. The number of imidazole rings is 1. The molecule has 1 aromatic carbocycles. The van der Waals surface area contributed by atoms with Crippen LogP contribution in [0.5, 0.6) is 0 Å². The van der Waals surface area contributed by atoms with Gasteiger partial charge in [-0.2, -0.15) is 0 Å². The van der Waals surface area contributed by atoms with Gasteiger partial charge in [0.1, 0.15) is 4.64 Å². The maximum Gasteiger partial charge on any atom is 0.137 e. The second kappa shape index (κ2) is 2.87. The summed E-state index contributed by atoms with van der Waals surface area (Å²) in [4.78, 5) is 11.4. The third-order valence-electron chi connectivity index (χ3n) is 2.50. The summed E-state index contributed by atoms with van der Waals surface area (Å²) in [5, 5.41) is 0.943. The van der Waals surface area contributed by atoms with Gasteiger partial charge in [-0.05, 0) is 12.1 Å². The number of hydrogen-bond donors (Lipinski definition) is 1. The molecule has 0 unspecified atom stereocenters. The second-order valence-electron chi connectivity index (χ2n) is 3.45. The maximum absolute atomic E-state index is 5.16. The van der Waals surface area contributed by atoms with Gasteiger partial charge in [0, 0.05) is 12.4 Å². The Morgan fingerprint density at radius 3 is 3.07 bits per heavy atom. The smallest absolute Gasteiger partial charge is 0.137 e. The van der Waals surface area contributed by atoms with Crippen molar-refractivity contribution in [3.8, 4) is 0 Å². The molecule has 0 atom stereocenters. The predicted octanol–water partition coefficient (Wildman–Crippen LogP) is 2.18. The van der Waals surface area contributed by atoms with E-state index in [1.54, 1.807) is 12.7 Å². The number of nitrogens with zero attached hydrogens (tertiary/aromatic N) is 3. The minimum atomic E-state index is 0.608. The van der Waals surface area contributed by atoms with E-state index in [0.29, 0.717) is 4.64 Å². The number of H-pyrrole nitrogens is 1. The van der Waals surface area contributed by atoms with Crippen LogP contribution in [0.25, 0.3) is 21.9 Å². The summed E-state index contributed by atoms with van der Waals surface area (Å²) in [6.07, 6.45) is 3.41. The lowest BCUT2D eigenvalue weighted by atomic mass is 10.2. The van der Waals surface area contributed by atoms with Crippen molar-refractivity contribution in [1.29, 1.82) is 0 Å². The van der Waals surface area contributed by atoms with E-state index in [2.05, 4.69) is 15.0 Å². The van der Waals surface area contributed by atoms with Crippen molar-refractivity contribution in [2.75, 3.05) is 0 Å². The average molecular weight is 216 g/mol. The maximum atomic E-state index is 5.16. The molecule has 3 aromatic rings. The van der Waals surface area contributed by atoms with Crippen LogP contribution in [0.2, 0.25) is 0 Å². The van der Waals surface area contributed by atoms with Crippen LogP contribution in [-0.4, -0.2) is 19.5 Å². The van der Waals surface area contributed by atoms with E-state index >= 15 is 0 Å². The number of hydrogen-bond acceptors (Lipinski definition) is 3. The molecule has 0 amide bonds. The van der Waals surface area contributed by atoms with E-state index < -0.39 is 0 Å². The summed E-state index contributed by atoms with van der Waals surface area (Å²) in [5.41, 5.74) is 3.02. The summed E-state index contributed by atoms with van der Waals surface area (Å²) in [6, 6.07) is 4.01. The van der Waals surface area contributed by atoms with Gasteiger partial charge in [0.2, 0.25) is 0 Å². The fraction of sp³-hybridized carbons (Fsp3) is 0.100. The summed E-state index contributed by atoms with van der Waals surface area (Å²) < 4.78 is 2.59. The molecule has 0 spiro atoms. The SMILES string of the molecule is Cn1cnc2cc3c(=S)nc[nH]c3cc21. The van der Waals surface area contributed by atoms with E-state index in [4.69, 9.17) is 12.2 Å². The third kappa shape index (κ3) is 1.16. The van der Waals surface area contributed by atoms with Crippen molar-refractivity contribution in [2.24, 2.45) is 7.05 Å². The zero-order valence-electron chi connectivity index (χ0n) is 8.06. The molecule has 0 bridgehead atoms. The van der Waals surface area contributed by atoms with Crippen LogP contribution in [0.15, 0.2) is 24.8 Å². The first kappa shape index (κ1) is 8.55. The highest BCUT2D eigenvalue weighted by Crippen LogP contribution is 2.19. The Morgan fingerprint density at radius 2 is 2.20 bits per heavy atom. The van der Waals surface area contributed by atoms with Crippen LogP contribution >= 0.6 is 12.2 Å². The Bertz CT molecular complexity index is 710. The first-order valence-electron chi connectivity index (χ1n) is 4.54. The zero-order valence-corrected chi connectivity index (χ0v) is 8.88. The van der Waals surface area contributed by atoms with E-state index in [0.717, 1.165) is 21.9 Å². The predicted molar refractivity (Wildman–Crippen MR) is 61.2 cm³/mol. The van der Waals surface area contributed by atoms with Crippen molar-refractivity contribution in [1.82, 2.24) is 19.5 Å². The number of rotatable bonds is 0. The molecule has 0 aliphatic carbocycles. The number of aromatic nitrogens is 4. The Morgan fingerprint density at radius 1 is 1.33 bits per heavy atom. The topological polar surface area (TPSA) is 46.5 Å². The first-order chi connectivity index (χ1) is 7.25. The first-order valence-corrected chi connectivity index (χ1v) is 4.95. The van der Waals surface area contributed by atoms with Crippen molar-refractivity contribution < 1.29 is 0 Å². The minimum Gasteiger partial charge on any atom is -0.346 e. The Kier molecular flexibility index (Phi) is 1.63. The van der Waals surface area contributed by atoms with Crippen molar-refractivity contribution in [3.05, 3.63) is 29.4 Å². The molecule has 3 rings (SSSR count). The fourth-order valence-corrected chi connectivity index (χ4v) is 1.92. The lowest BCUT2D eigenvalue weighted by molar-refractivity contribution is 0.948. The molecule has 0 radical (unpaired) electrons. The fourth-order valence-electron chi connectivity index (χ4n) is 1.70. The van der Waals surface area contributed by atoms with Crippen LogP contribution < -0.4 is 0 Å². The Hall–Kier alpha value is -1.75. The van der Waals surface area contributed by atoms with Gasteiger partial charge in [-0.3, -0.25) is 0 Å². The van der Waals surface area contributed by atoms with Gasteiger partial charge in [-0.25, -0.2) is 9.97 Å². The standard InChI is InChI=1S/C10H8N4S/c1-14-5-13-8-2-6-7(3-9(8)14)11-4-12-10(6)15/h2-5H,1H3,(H,11,12,15). The zero-order chi connectivity index (χ0) is 10.4. The second-order valence-corrected chi connectivity index (χ2v) is 3.84. The number of aryl methyl sites for hydroxylation is 1. The third-order valence-corrected chi connectivity index (χ3v) is 2.82. The van der Waals surface area contributed by atoms with Gasteiger partial charge >= 0.3 is 0 Å². The van der Waals surface area contributed by atoms with E-state index in [1.807, 2.05) is 23.7 Å². The minimum absolute atomic E-state index is 0.608. The molecule has 2 heterocycles. The molecule has 1 N–H and O–H groups in total. The molecular weight excluding hydrogens is 208 g/mol. The largest absolute Gasteiger partial charge is 0.346 e. The molecule has 4 nitrogen and oxygen atoms in total. The summed E-state index contributed by atoms with van der Waals surface area (Å²) >= 11 is 5.16. The van der Waals surface area contributed by atoms with Gasteiger partial charge in [0.15, 0.2) is 0 Å². The highest BCUT2D eigenvalue weighted by atomic mass is 32.1. The quantitative estimate of drug-likeness (QED) is 0.586. The van der Waals surface area contributed by atoms with Crippen LogP contribution in [0.4, 0.5) is 0 Å². The molecule has 15 heavy (non-hydrogen) atoms. The molecular formula is C10H8N4S. The van der Waals surface area contributed by atoms with Crippen molar-refractivity contribution >= 4 is 34.2 Å². The number of aromatic amines is 1. The van der Waals surface area contributed by atoms with E-state index in [1.165, 1.54) is 0 Å². The lowest BCUT2D eigenvalue weighted by Crippen LogP contribution is -1.87. The molecule has 0 saturated heterocycles. The lowest BCUT2D eigenvalue weighted by Gasteiger charge is -1.99. The van der Waals surface area contributed by atoms with Gasteiger partial charge in [0.25, 0.3) is 0 Å². The molecule has 0 aliphatic heterocycles. The van der Waals surface area contributed by atoms with Crippen LogP contribution in [-0.2, 0) is 7.05 Å². The summed E-state index contributed by atoms with van der Waals surface area (Å²) in [7, 11) is 1.97. The van der Waals surface area contributed by atoms with Gasteiger partial charge in [0.05, 0.1) is 29.2 Å². The Labute approximate surface area is 90.6 Å². The van der Waals surface area contributed by atoms with Crippen LogP contribution in [0, 0.1) is 4.64 Å². The van der Waals surface area contributed by atoms with E-state index in [-0.39, 0.29) is 0 Å². The molecule has 0 fully saturated rings. The molecule has 0 aliphatic rings. The molecule has 5 heteroatoms. The molecule has 2 aromatic heterocycles. The number of fused-ring (bicyclic) bond motifs is 2. The van der Waals surface area contributed by atoms with Gasteiger partial charge < -0.3 is 9.55 Å². The average Bonchev–Trinajstić information content (AvgIpc) is 2.59. The van der Waals surface area contributed by atoms with E-state index in [9.17, 15) is 0 Å². The summed E-state index contributed by atoms with van der Waals surface area (Å²) in [5.74, 6) is 0. The van der Waals surface area contributed by atoms with Crippen LogP contribution in [0.3, 0.4) is 0 Å². The number of benzene rings is 1. The Balaban J connectivity index is 2.61. The van der Waals surface area contributed by atoms with Crippen LogP contribution in [0.1, 0.15) is 0 Å². The molecule has 74 valence electrons. The summed E-state index contributed by atoms with van der Waals surface area (Å²) in [6.45, 7) is 0. The number of nitrogens with one attached hydrogen (secondary N) is 1. The van der Waals surface area contributed by atoms with Gasteiger partial charge in [-0.15, -0.1) is 0 Å². The highest BCUT2D eigenvalue weighted by Gasteiger charge is 2.03. The van der Waals surface area contributed by atoms with Crippen molar-refractivity contribution in [3.63, 3.8) is 0 Å². The van der Waals surface area contributed by atoms with Crippen molar-refractivity contribution in [2.45, 2.75) is 0 Å². The van der Waals surface area contributed by atoms with Gasteiger partial charge in [-0.1, -0.05) is 12.2 Å².